The van der Waals surface area contributed by atoms with Crippen LogP contribution in [0.1, 0.15) is 25.0 Å². The zero-order valence-electron chi connectivity index (χ0n) is 20.2. The molecular formula is C26H30N5O4+. The molecule has 4 amide bonds. The highest BCUT2D eigenvalue weighted by molar-refractivity contribution is 6.48. The van der Waals surface area contributed by atoms with Crippen molar-refractivity contribution in [3.05, 3.63) is 65.7 Å². The maximum Gasteiger partial charge on any atom is 0.501 e. The Labute approximate surface area is 204 Å². The van der Waals surface area contributed by atoms with Crippen LogP contribution in [0.3, 0.4) is 0 Å². The number of carbonyl (C=O) groups excluding carboxylic acids is 3. The summed E-state index contributed by atoms with van der Waals surface area (Å²) in [4.78, 5) is 41.0. The molecule has 2 aromatic rings. The summed E-state index contributed by atoms with van der Waals surface area (Å²) in [6, 6.07) is 15.9. The molecule has 2 aliphatic rings. The Morgan fingerprint density at radius 3 is 2.46 bits per heavy atom. The van der Waals surface area contributed by atoms with Gasteiger partial charge in [-0.3, -0.25) is 9.80 Å². The van der Waals surface area contributed by atoms with Gasteiger partial charge < -0.3 is 10.1 Å². The Balaban J connectivity index is 1.53. The first-order valence-electron chi connectivity index (χ1n) is 11.7. The van der Waals surface area contributed by atoms with Crippen molar-refractivity contribution >= 4 is 29.3 Å². The fourth-order valence-electron chi connectivity index (χ4n) is 4.36. The van der Waals surface area contributed by atoms with E-state index in [2.05, 4.69) is 10.4 Å². The molecule has 9 nitrogen and oxygen atoms in total. The van der Waals surface area contributed by atoms with Crippen molar-refractivity contribution in [2.45, 2.75) is 32.9 Å². The summed E-state index contributed by atoms with van der Waals surface area (Å²) >= 11 is 0. The van der Waals surface area contributed by atoms with Crippen molar-refractivity contribution in [3.63, 3.8) is 0 Å². The van der Waals surface area contributed by atoms with E-state index in [4.69, 9.17) is 4.74 Å². The van der Waals surface area contributed by atoms with Gasteiger partial charge in [-0.2, -0.15) is 19.4 Å². The van der Waals surface area contributed by atoms with Crippen LogP contribution in [0.2, 0.25) is 0 Å². The smallest absolute Gasteiger partial charge is 0.497 e. The number of urea groups is 1. The number of amides is 4. The largest absolute Gasteiger partial charge is 0.501 e. The molecule has 4 rings (SSSR count). The van der Waals surface area contributed by atoms with Gasteiger partial charge in [0, 0.05) is 19.5 Å². The molecule has 35 heavy (non-hydrogen) atoms. The lowest BCUT2D eigenvalue weighted by Gasteiger charge is -2.28. The number of fused-ring (bicyclic) bond motifs is 1. The zero-order chi connectivity index (χ0) is 24.9. The van der Waals surface area contributed by atoms with Gasteiger partial charge in [-0.15, -0.1) is 0 Å². The normalized spacial score (nSPS) is 17.5. The Morgan fingerprint density at radius 1 is 1.09 bits per heavy atom. The third-order valence-electron chi connectivity index (χ3n) is 6.20. The molecule has 2 aromatic carbocycles. The summed E-state index contributed by atoms with van der Waals surface area (Å²) in [6.45, 7) is 4.53. The van der Waals surface area contributed by atoms with Gasteiger partial charge in [0.15, 0.2) is 12.3 Å². The number of nitrogens with zero attached hydrogens (tertiary/aromatic N) is 4. The molecule has 0 bridgehead atoms. The summed E-state index contributed by atoms with van der Waals surface area (Å²) in [5, 5.41) is 9.03. The molecule has 2 heterocycles. The molecule has 1 unspecified atom stereocenters. The summed E-state index contributed by atoms with van der Waals surface area (Å²) in [5.41, 5.74) is 2.99. The van der Waals surface area contributed by atoms with Gasteiger partial charge in [0.25, 0.3) is 5.91 Å². The van der Waals surface area contributed by atoms with Gasteiger partial charge in [0.1, 0.15) is 18.0 Å². The lowest BCUT2D eigenvalue weighted by molar-refractivity contribution is -0.427. The molecule has 182 valence electrons. The van der Waals surface area contributed by atoms with Crippen LogP contribution in [0, 0.1) is 0 Å². The number of benzene rings is 2. The highest BCUT2D eigenvalue weighted by atomic mass is 16.5. The van der Waals surface area contributed by atoms with Crippen LogP contribution >= 0.6 is 0 Å². The molecule has 0 spiro atoms. The molecule has 1 N–H and O–H groups in total. The van der Waals surface area contributed by atoms with E-state index in [9.17, 15) is 14.4 Å². The number of nitrogens with one attached hydrogen (secondary N) is 1. The summed E-state index contributed by atoms with van der Waals surface area (Å²) in [5.74, 6) is 0.108. The maximum atomic E-state index is 13.5. The van der Waals surface area contributed by atoms with Crippen LogP contribution in [0.15, 0.2) is 59.7 Å². The minimum Gasteiger partial charge on any atom is -0.497 e. The Bertz CT molecular complexity index is 1170. The van der Waals surface area contributed by atoms with Gasteiger partial charge in [-0.1, -0.05) is 42.5 Å². The van der Waals surface area contributed by atoms with Crippen LogP contribution in [0.4, 0.5) is 4.79 Å². The summed E-state index contributed by atoms with van der Waals surface area (Å²) < 4.78 is 6.56. The van der Waals surface area contributed by atoms with Crippen molar-refractivity contribution in [2.75, 3.05) is 26.7 Å². The van der Waals surface area contributed by atoms with Crippen LogP contribution < -0.4 is 10.1 Å². The molecule has 0 fully saturated rings. The van der Waals surface area contributed by atoms with Crippen LogP contribution in [0.25, 0.3) is 0 Å². The lowest BCUT2D eigenvalue weighted by Crippen LogP contribution is -2.62. The van der Waals surface area contributed by atoms with Crippen molar-refractivity contribution in [1.82, 2.24) is 15.2 Å². The highest BCUT2D eigenvalue weighted by Crippen LogP contribution is 2.21. The molecule has 2 aliphatic heterocycles. The second-order valence-corrected chi connectivity index (χ2v) is 8.45. The molecule has 0 saturated heterocycles. The zero-order valence-corrected chi connectivity index (χ0v) is 20.2. The Hall–Kier alpha value is -4.01. The van der Waals surface area contributed by atoms with Crippen molar-refractivity contribution in [2.24, 2.45) is 5.10 Å². The van der Waals surface area contributed by atoms with E-state index >= 15 is 0 Å². The second kappa shape index (κ2) is 10.5. The standard InChI is InChI=1S/C26H29N5O4/c1-4-31-24-23(18(2)28-31)30(17-22(32)27-16-20-10-12-21(35-3)13-11-20)26(34)29(25(24)33)15-14-19-8-6-5-7-9-19/h5-13,24H,4,14-17H2,1-3H3/p+1. The first-order valence-corrected chi connectivity index (χ1v) is 11.7. The van der Waals surface area contributed by atoms with Gasteiger partial charge in [-0.05, 0) is 37.1 Å². The minimum atomic E-state index is -0.706. The first kappa shape index (κ1) is 24.1. The average Bonchev–Trinajstić information content (AvgIpc) is 3.22. The van der Waals surface area contributed by atoms with Gasteiger partial charge in [0.05, 0.1) is 7.11 Å². The van der Waals surface area contributed by atoms with Gasteiger partial charge >= 0.3 is 11.9 Å². The van der Waals surface area contributed by atoms with E-state index in [0.29, 0.717) is 30.9 Å². The van der Waals surface area contributed by atoms with Crippen molar-refractivity contribution in [1.29, 1.82) is 0 Å². The van der Waals surface area contributed by atoms with E-state index in [1.165, 1.54) is 9.48 Å². The molecule has 0 aromatic heterocycles. The van der Waals surface area contributed by atoms with E-state index in [0.717, 1.165) is 16.9 Å². The SMILES string of the molecule is CCN1N=C(C)C2=[N+](CC(=O)NCc3ccc(OC)cc3)C(=O)N(CCc3ccccc3)C(=O)C21. The lowest BCUT2D eigenvalue weighted by atomic mass is 10.0. The van der Waals surface area contributed by atoms with Crippen molar-refractivity contribution < 1.29 is 23.7 Å². The number of carbonyl (C=O) groups is 3. The second-order valence-electron chi connectivity index (χ2n) is 8.45. The number of hydrogen-bond acceptors (Lipinski definition) is 6. The van der Waals surface area contributed by atoms with Crippen LogP contribution in [-0.2, 0) is 22.6 Å². The maximum absolute atomic E-state index is 13.5. The molecular weight excluding hydrogens is 446 g/mol. The topological polar surface area (TPSA) is 94.3 Å². The number of hydrazone groups is 1. The fraction of sp³-hybridized carbons (Fsp3) is 0.346. The number of likely N-dealkylation sites (N-methyl/N-ethyl adjacent to an activating group) is 1. The molecule has 0 aliphatic carbocycles. The average molecular weight is 477 g/mol. The molecule has 0 radical (unpaired) electrons. The summed E-state index contributed by atoms with van der Waals surface area (Å²) in [6.07, 6.45) is 0.532. The first-order chi connectivity index (χ1) is 16.9. The summed E-state index contributed by atoms with van der Waals surface area (Å²) in [7, 11) is 1.60. The third kappa shape index (κ3) is 5.08. The number of hydrogen-bond donors (Lipinski definition) is 1. The number of rotatable bonds is 9. The Kier molecular flexibility index (Phi) is 7.24. The molecule has 0 saturated carbocycles. The minimum absolute atomic E-state index is 0.194. The predicted molar refractivity (Wildman–Crippen MR) is 132 cm³/mol. The van der Waals surface area contributed by atoms with Crippen molar-refractivity contribution in [3.8, 4) is 5.75 Å². The highest BCUT2D eigenvalue weighted by Gasteiger charge is 2.53. The molecule has 9 heteroatoms. The molecule has 1 atom stereocenters. The van der Waals surface area contributed by atoms with E-state index in [-0.39, 0.29) is 24.9 Å². The Morgan fingerprint density at radius 2 is 1.80 bits per heavy atom. The van der Waals surface area contributed by atoms with E-state index in [1.54, 1.807) is 19.0 Å². The van der Waals surface area contributed by atoms with Crippen LogP contribution in [-0.4, -0.2) is 76.5 Å². The quantitative estimate of drug-likeness (QED) is 0.559. The van der Waals surface area contributed by atoms with Gasteiger partial charge in [-0.25, -0.2) is 4.79 Å². The number of methoxy groups -OCH3 is 1. The fourth-order valence-corrected chi connectivity index (χ4v) is 4.36. The van der Waals surface area contributed by atoms with Gasteiger partial charge in [0.2, 0.25) is 6.04 Å². The van der Waals surface area contributed by atoms with Crippen LogP contribution in [0.5, 0.6) is 5.75 Å². The number of ether oxygens (including phenoxy) is 1. The number of imide groups is 1. The van der Waals surface area contributed by atoms with E-state index < -0.39 is 12.1 Å². The van der Waals surface area contributed by atoms with E-state index in [1.807, 2.05) is 61.5 Å². The third-order valence-corrected chi connectivity index (χ3v) is 6.20. The predicted octanol–water partition coefficient (Wildman–Crippen LogP) is 2.05. The monoisotopic (exact) mass is 476 g/mol.